The summed E-state index contributed by atoms with van der Waals surface area (Å²) in [5.41, 5.74) is 0.291. The molecule has 1 aromatic heterocycles. The third-order valence-electron chi connectivity index (χ3n) is 3.96. The second kappa shape index (κ2) is 6.34. The van der Waals surface area contributed by atoms with Crippen LogP contribution in [0.15, 0.2) is 12.1 Å². The quantitative estimate of drug-likeness (QED) is 0.819. The van der Waals surface area contributed by atoms with Gasteiger partial charge in [0.15, 0.2) is 0 Å². The third kappa shape index (κ3) is 4.19. The molecule has 1 unspecified atom stereocenters. The van der Waals surface area contributed by atoms with Crippen molar-refractivity contribution in [2.24, 2.45) is 5.92 Å². The van der Waals surface area contributed by atoms with Gasteiger partial charge in [-0.1, -0.05) is 20.8 Å². The molecule has 1 fully saturated rings. The summed E-state index contributed by atoms with van der Waals surface area (Å²) in [6, 6.07) is 2.71. The predicted molar refractivity (Wildman–Crippen MR) is 77.0 cm³/mol. The summed E-state index contributed by atoms with van der Waals surface area (Å²) in [6.07, 6.45) is -1.95. The van der Waals surface area contributed by atoms with Crippen molar-refractivity contribution in [2.45, 2.75) is 52.3 Å². The van der Waals surface area contributed by atoms with Crippen molar-refractivity contribution in [3.05, 3.63) is 29.1 Å². The predicted octanol–water partition coefficient (Wildman–Crippen LogP) is 4.46. The van der Waals surface area contributed by atoms with Gasteiger partial charge in [0.05, 0.1) is 17.0 Å². The molecule has 118 valence electrons. The van der Waals surface area contributed by atoms with Crippen molar-refractivity contribution in [1.29, 1.82) is 0 Å². The molecule has 0 spiro atoms. The van der Waals surface area contributed by atoms with Crippen molar-refractivity contribution in [3.63, 3.8) is 0 Å². The molecule has 1 aliphatic heterocycles. The maximum Gasteiger partial charge on any atom is 0.418 e. The Balaban J connectivity index is 2.20. The first kappa shape index (κ1) is 16.3. The number of halogens is 3. The lowest BCUT2D eigenvalue weighted by Crippen LogP contribution is -2.34. The monoisotopic (exact) mass is 300 g/mol. The smallest absolute Gasteiger partial charge is 0.297 e. The maximum atomic E-state index is 13.0. The summed E-state index contributed by atoms with van der Waals surface area (Å²) in [5.74, 6) is 0.416. The molecule has 2 heterocycles. The Labute approximate surface area is 124 Å². The SMILES string of the molecule is CC1CCCN(Cc2ccc(C(F)(F)F)c(C(C)C)n2)C1. The number of aromatic nitrogens is 1. The molecule has 0 amide bonds. The van der Waals surface area contributed by atoms with E-state index in [1.54, 1.807) is 13.8 Å². The Morgan fingerprint density at radius 2 is 2.05 bits per heavy atom. The fourth-order valence-electron chi connectivity index (χ4n) is 2.94. The van der Waals surface area contributed by atoms with Crippen LogP contribution in [0.4, 0.5) is 13.2 Å². The molecular weight excluding hydrogens is 277 g/mol. The van der Waals surface area contributed by atoms with Crippen LogP contribution in [0, 0.1) is 5.92 Å². The van der Waals surface area contributed by atoms with Gasteiger partial charge in [-0.2, -0.15) is 13.2 Å². The molecule has 21 heavy (non-hydrogen) atoms. The minimum atomic E-state index is -4.33. The van der Waals surface area contributed by atoms with Crippen molar-refractivity contribution < 1.29 is 13.2 Å². The molecule has 0 aliphatic carbocycles. The molecule has 2 rings (SSSR count). The van der Waals surface area contributed by atoms with E-state index in [-0.39, 0.29) is 11.6 Å². The number of rotatable bonds is 3. The van der Waals surface area contributed by atoms with E-state index in [4.69, 9.17) is 0 Å². The third-order valence-corrected chi connectivity index (χ3v) is 3.96. The zero-order valence-corrected chi connectivity index (χ0v) is 12.9. The van der Waals surface area contributed by atoms with E-state index in [0.29, 0.717) is 12.5 Å². The van der Waals surface area contributed by atoms with Gasteiger partial charge in [0, 0.05) is 13.1 Å². The number of hydrogen-bond acceptors (Lipinski definition) is 2. The summed E-state index contributed by atoms with van der Waals surface area (Å²) in [5, 5.41) is 0. The van der Waals surface area contributed by atoms with E-state index >= 15 is 0 Å². The van der Waals surface area contributed by atoms with Crippen LogP contribution < -0.4 is 0 Å². The molecule has 1 atom stereocenters. The number of nitrogens with zero attached hydrogens (tertiary/aromatic N) is 2. The maximum absolute atomic E-state index is 13.0. The van der Waals surface area contributed by atoms with Gasteiger partial charge in [0.25, 0.3) is 0 Å². The number of piperidine rings is 1. The summed E-state index contributed by atoms with van der Waals surface area (Å²) in [4.78, 5) is 6.58. The van der Waals surface area contributed by atoms with Gasteiger partial charge in [0.2, 0.25) is 0 Å². The van der Waals surface area contributed by atoms with Crippen LogP contribution in [0.3, 0.4) is 0 Å². The summed E-state index contributed by atoms with van der Waals surface area (Å²) >= 11 is 0. The van der Waals surface area contributed by atoms with Gasteiger partial charge < -0.3 is 0 Å². The highest BCUT2D eigenvalue weighted by Crippen LogP contribution is 2.34. The van der Waals surface area contributed by atoms with E-state index in [9.17, 15) is 13.2 Å². The molecular formula is C16H23F3N2. The Kier molecular flexibility index (Phi) is 4.91. The summed E-state index contributed by atoms with van der Waals surface area (Å²) in [6.45, 7) is 8.37. The average molecular weight is 300 g/mol. The van der Waals surface area contributed by atoms with E-state index < -0.39 is 11.7 Å². The van der Waals surface area contributed by atoms with E-state index in [1.165, 1.54) is 18.6 Å². The lowest BCUT2D eigenvalue weighted by Gasteiger charge is -2.30. The molecule has 5 heteroatoms. The highest BCUT2D eigenvalue weighted by atomic mass is 19.4. The highest BCUT2D eigenvalue weighted by molar-refractivity contribution is 5.28. The van der Waals surface area contributed by atoms with Crippen LogP contribution in [-0.4, -0.2) is 23.0 Å². The van der Waals surface area contributed by atoms with E-state index in [1.807, 2.05) is 0 Å². The van der Waals surface area contributed by atoms with Gasteiger partial charge >= 0.3 is 6.18 Å². The molecule has 0 bridgehead atoms. The zero-order chi connectivity index (χ0) is 15.6. The molecule has 1 aromatic rings. The molecule has 0 radical (unpaired) electrons. The minimum Gasteiger partial charge on any atom is -0.297 e. The first-order valence-electron chi connectivity index (χ1n) is 7.56. The molecule has 0 aromatic carbocycles. The van der Waals surface area contributed by atoms with Crippen LogP contribution in [-0.2, 0) is 12.7 Å². The number of alkyl halides is 3. The number of likely N-dealkylation sites (tertiary alicyclic amines) is 1. The van der Waals surface area contributed by atoms with Crippen LogP contribution in [0.1, 0.15) is 56.5 Å². The van der Waals surface area contributed by atoms with Gasteiger partial charge in [-0.25, -0.2) is 0 Å². The normalized spacial score (nSPS) is 21.0. The van der Waals surface area contributed by atoms with E-state index in [2.05, 4.69) is 16.8 Å². The van der Waals surface area contributed by atoms with Crippen molar-refractivity contribution >= 4 is 0 Å². The standard InChI is InChI=1S/C16H23F3N2/c1-11(2)15-14(16(17,18)19)7-6-13(20-15)10-21-8-4-5-12(3)9-21/h6-7,11-12H,4-5,8-10H2,1-3H3. The Morgan fingerprint density at radius 3 is 2.62 bits per heavy atom. The minimum absolute atomic E-state index is 0.157. The Bertz CT molecular complexity index is 483. The first-order chi connectivity index (χ1) is 9.77. The van der Waals surface area contributed by atoms with Crippen molar-refractivity contribution in [3.8, 4) is 0 Å². The second-order valence-corrected chi connectivity index (χ2v) is 6.37. The number of hydrogen-bond donors (Lipinski definition) is 0. The van der Waals surface area contributed by atoms with Crippen molar-refractivity contribution in [1.82, 2.24) is 9.88 Å². The summed E-state index contributed by atoms with van der Waals surface area (Å²) < 4.78 is 39.0. The van der Waals surface area contributed by atoms with Gasteiger partial charge in [-0.3, -0.25) is 9.88 Å². The molecule has 0 saturated carbocycles. The van der Waals surface area contributed by atoms with Gasteiger partial charge in [0.1, 0.15) is 0 Å². The topological polar surface area (TPSA) is 16.1 Å². The Morgan fingerprint density at radius 1 is 1.33 bits per heavy atom. The van der Waals surface area contributed by atoms with Crippen LogP contribution >= 0.6 is 0 Å². The lowest BCUT2D eigenvalue weighted by molar-refractivity contribution is -0.138. The number of pyridine rings is 1. The van der Waals surface area contributed by atoms with Gasteiger partial charge in [-0.15, -0.1) is 0 Å². The summed E-state index contributed by atoms with van der Waals surface area (Å²) in [7, 11) is 0. The Hall–Kier alpha value is -1.10. The largest absolute Gasteiger partial charge is 0.418 e. The first-order valence-corrected chi connectivity index (χ1v) is 7.56. The highest BCUT2D eigenvalue weighted by Gasteiger charge is 2.35. The average Bonchev–Trinajstić information content (AvgIpc) is 2.37. The van der Waals surface area contributed by atoms with Crippen LogP contribution in [0.5, 0.6) is 0 Å². The molecule has 0 N–H and O–H groups in total. The lowest BCUT2D eigenvalue weighted by atomic mass is 9.99. The van der Waals surface area contributed by atoms with Crippen LogP contribution in [0.25, 0.3) is 0 Å². The van der Waals surface area contributed by atoms with Crippen molar-refractivity contribution in [2.75, 3.05) is 13.1 Å². The zero-order valence-electron chi connectivity index (χ0n) is 12.9. The fourth-order valence-corrected chi connectivity index (χ4v) is 2.94. The molecule has 1 saturated heterocycles. The fraction of sp³-hybridized carbons (Fsp3) is 0.688. The van der Waals surface area contributed by atoms with Crippen LogP contribution in [0.2, 0.25) is 0 Å². The van der Waals surface area contributed by atoms with Gasteiger partial charge in [-0.05, 0) is 43.4 Å². The van der Waals surface area contributed by atoms with E-state index in [0.717, 1.165) is 25.2 Å². The molecule has 2 nitrogen and oxygen atoms in total. The molecule has 1 aliphatic rings. The second-order valence-electron chi connectivity index (χ2n) is 6.37.